The van der Waals surface area contributed by atoms with E-state index in [1.165, 1.54) is 18.4 Å². The Kier molecular flexibility index (Phi) is 4.82. The molecule has 0 unspecified atom stereocenters. The summed E-state index contributed by atoms with van der Waals surface area (Å²) in [5.74, 6) is 0. The molecule has 1 aromatic carbocycles. The lowest BCUT2D eigenvalue weighted by Crippen LogP contribution is -2.37. The summed E-state index contributed by atoms with van der Waals surface area (Å²) in [6.45, 7) is 7.72. The first-order valence-corrected chi connectivity index (χ1v) is 7.57. The Bertz CT molecular complexity index is 386. The highest BCUT2D eigenvalue weighted by Crippen LogP contribution is 2.25. The van der Waals surface area contributed by atoms with Gasteiger partial charge in [0.15, 0.2) is 0 Å². The largest absolute Gasteiger partial charge is 0.315 e. The van der Waals surface area contributed by atoms with Gasteiger partial charge < -0.3 is 10.6 Å². The van der Waals surface area contributed by atoms with Crippen LogP contribution in [0.4, 0.5) is 0 Å². The topological polar surface area (TPSA) is 24.1 Å². The molecule has 0 atom stereocenters. The third kappa shape index (κ3) is 4.38. The maximum Gasteiger partial charge on any atom is 0.0178 e. The van der Waals surface area contributed by atoms with E-state index in [-0.39, 0.29) is 5.41 Å². The van der Waals surface area contributed by atoms with Gasteiger partial charge in [-0.15, -0.1) is 0 Å². The third-order valence-electron chi connectivity index (χ3n) is 3.49. The molecule has 0 bridgehead atoms. The highest BCUT2D eigenvalue weighted by atomic mass is 79.9. The van der Waals surface area contributed by atoms with Crippen LogP contribution in [0.3, 0.4) is 0 Å². The van der Waals surface area contributed by atoms with Crippen LogP contribution >= 0.6 is 15.9 Å². The molecule has 2 nitrogen and oxygen atoms in total. The Morgan fingerprint density at radius 1 is 1.28 bits per heavy atom. The second-order valence-electron chi connectivity index (χ2n) is 5.80. The Morgan fingerprint density at radius 3 is 2.72 bits per heavy atom. The number of halogens is 1. The van der Waals surface area contributed by atoms with E-state index in [9.17, 15) is 0 Å². The number of rotatable bonds is 7. The Balaban J connectivity index is 1.75. The fourth-order valence-electron chi connectivity index (χ4n) is 2.06. The van der Waals surface area contributed by atoms with Crippen molar-refractivity contribution < 1.29 is 0 Å². The van der Waals surface area contributed by atoms with Crippen LogP contribution in [0.2, 0.25) is 0 Å². The number of hydrogen-bond donors (Lipinski definition) is 2. The van der Waals surface area contributed by atoms with Crippen LogP contribution in [0.5, 0.6) is 0 Å². The van der Waals surface area contributed by atoms with Gasteiger partial charge in [-0.3, -0.25) is 0 Å². The van der Waals surface area contributed by atoms with Gasteiger partial charge in [0.2, 0.25) is 0 Å². The zero-order chi connectivity index (χ0) is 13.0. The molecule has 0 saturated heterocycles. The van der Waals surface area contributed by atoms with Crippen LogP contribution in [0.1, 0.15) is 32.3 Å². The molecule has 1 aromatic rings. The molecule has 0 heterocycles. The van der Waals surface area contributed by atoms with E-state index in [1.54, 1.807) is 0 Å². The summed E-state index contributed by atoms with van der Waals surface area (Å²) in [7, 11) is 0. The van der Waals surface area contributed by atoms with E-state index < -0.39 is 0 Å². The van der Waals surface area contributed by atoms with Crippen molar-refractivity contribution in [1.82, 2.24) is 10.6 Å². The predicted molar refractivity (Wildman–Crippen MR) is 81.1 cm³/mol. The van der Waals surface area contributed by atoms with Crippen molar-refractivity contribution in [3.05, 3.63) is 34.3 Å². The molecular weight excluding hydrogens is 288 g/mol. The fourth-order valence-corrected chi connectivity index (χ4v) is 2.46. The fraction of sp³-hybridized carbons (Fsp3) is 0.600. The van der Waals surface area contributed by atoms with Crippen molar-refractivity contribution in [1.29, 1.82) is 0 Å². The summed E-state index contributed by atoms with van der Waals surface area (Å²) < 4.78 is 1.16. The third-order valence-corrected chi connectivity index (χ3v) is 3.98. The molecule has 0 radical (unpaired) electrons. The minimum atomic E-state index is 0.170. The highest BCUT2D eigenvalue weighted by molar-refractivity contribution is 9.10. The lowest BCUT2D eigenvalue weighted by Gasteiger charge is -2.26. The lowest BCUT2D eigenvalue weighted by atomic mass is 9.84. The molecule has 1 saturated carbocycles. The molecular formula is C15H23BrN2. The van der Waals surface area contributed by atoms with Gasteiger partial charge in [0.25, 0.3) is 0 Å². The quantitative estimate of drug-likeness (QED) is 0.756. The van der Waals surface area contributed by atoms with E-state index in [0.717, 1.165) is 30.1 Å². The molecule has 1 aliphatic rings. The smallest absolute Gasteiger partial charge is 0.0178 e. The molecule has 1 fully saturated rings. The predicted octanol–water partition coefficient (Wildman–Crippen LogP) is 3.07. The van der Waals surface area contributed by atoms with Gasteiger partial charge in [-0.25, -0.2) is 0 Å². The molecule has 0 aromatic heterocycles. The highest BCUT2D eigenvalue weighted by Gasteiger charge is 2.21. The van der Waals surface area contributed by atoms with Crippen molar-refractivity contribution in [2.24, 2.45) is 0 Å². The van der Waals surface area contributed by atoms with Gasteiger partial charge in [-0.05, 0) is 30.5 Å². The molecule has 2 N–H and O–H groups in total. The maximum absolute atomic E-state index is 3.55. The molecule has 0 spiro atoms. The summed E-state index contributed by atoms with van der Waals surface area (Å²) >= 11 is 3.54. The van der Waals surface area contributed by atoms with Gasteiger partial charge >= 0.3 is 0 Å². The van der Waals surface area contributed by atoms with E-state index in [0.29, 0.717) is 0 Å². The van der Waals surface area contributed by atoms with Crippen molar-refractivity contribution >= 4 is 15.9 Å². The second kappa shape index (κ2) is 6.18. The van der Waals surface area contributed by atoms with Gasteiger partial charge in [0, 0.05) is 35.6 Å². The molecule has 18 heavy (non-hydrogen) atoms. The average Bonchev–Trinajstić information content (AvgIpc) is 3.12. The standard InChI is InChI=1S/C15H23BrN2/c1-15(2,12-4-3-5-13(16)10-12)11-17-8-9-18-14-6-7-14/h3-5,10,14,17-18H,6-9,11H2,1-2H3. The van der Waals surface area contributed by atoms with Crippen LogP contribution in [0.15, 0.2) is 28.7 Å². The first kappa shape index (κ1) is 14.0. The minimum absolute atomic E-state index is 0.170. The zero-order valence-corrected chi connectivity index (χ0v) is 12.9. The van der Waals surface area contributed by atoms with Crippen LogP contribution in [0.25, 0.3) is 0 Å². The van der Waals surface area contributed by atoms with Gasteiger partial charge in [-0.1, -0.05) is 41.9 Å². The van der Waals surface area contributed by atoms with Crippen molar-refractivity contribution in [2.45, 2.75) is 38.1 Å². The first-order chi connectivity index (χ1) is 8.58. The first-order valence-electron chi connectivity index (χ1n) is 6.78. The molecule has 2 rings (SSSR count). The summed E-state index contributed by atoms with van der Waals surface area (Å²) in [6.07, 6.45) is 2.73. The zero-order valence-electron chi connectivity index (χ0n) is 11.3. The van der Waals surface area contributed by atoms with E-state index >= 15 is 0 Å². The number of nitrogens with one attached hydrogen (secondary N) is 2. The Morgan fingerprint density at radius 2 is 2.06 bits per heavy atom. The minimum Gasteiger partial charge on any atom is -0.315 e. The average molecular weight is 311 g/mol. The molecule has 100 valence electrons. The molecule has 0 aliphatic heterocycles. The lowest BCUT2D eigenvalue weighted by molar-refractivity contribution is 0.464. The van der Waals surface area contributed by atoms with Crippen LogP contribution in [-0.2, 0) is 5.41 Å². The summed E-state index contributed by atoms with van der Waals surface area (Å²) in [4.78, 5) is 0. The monoisotopic (exact) mass is 310 g/mol. The number of hydrogen-bond acceptors (Lipinski definition) is 2. The summed E-state index contributed by atoms with van der Waals surface area (Å²) in [5, 5.41) is 7.07. The van der Waals surface area contributed by atoms with E-state index in [1.807, 2.05) is 0 Å². The molecule has 1 aliphatic carbocycles. The number of benzene rings is 1. The van der Waals surface area contributed by atoms with Crippen LogP contribution < -0.4 is 10.6 Å². The van der Waals surface area contributed by atoms with Gasteiger partial charge in [-0.2, -0.15) is 0 Å². The van der Waals surface area contributed by atoms with Gasteiger partial charge in [0.1, 0.15) is 0 Å². The second-order valence-corrected chi connectivity index (χ2v) is 6.72. The normalized spacial score (nSPS) is 15.9. The van der Waals surface area contributed by atoms with E-state index in [2.05, 4.69) is 64.7 Å². The summed E-state index contributed by atoms with van der Waals surface area (Å²) in [6, 6.07) is 9.41. The van der Waals surface area contributed by atoms with Crippen molar-refractivity contribution in [3.63, 3.8) is 0 Å². The summed E-state index contributed by atoms with van der Waals surface area (Å²) in [5.41, 5.74) is 1.54. The maximum atomic E-state index is 3.55. The van der Waals surface area contributed by atoms with E-state index in [4.69, 9.17) is 0 Å². The molecule has 3 heteroatoms. The Labute approximate surface area is 119 Å². The van der Waals surface area contributed by atoms with Gasteiger partial charge in [0.05, 0.1) is 0 Å². The Hall–Kier alpha value is -0.380. The van der Waals surface area contributed by atoms with Crippen molar-refractivity contribution in [2.75, 3.05) is 19.6 Å². The molecule has 0 amide bonds. The SMILES string of the molecule is CC(C)(CNCCNC1CC1)c1cccc(Br)c1. The van der Waals surface area contributed by atoms with Crippen LogP contribution in [-0.4, -0.2) is 25.7 Å². The van der Waals surface area contributed by atoms with Crippen LogP contribution in [0, 0.1) is 0 Å². The van der Waals surface area contributed by atoms with Crippen molar-refractivity contribution in [3.8, 4) is 0 Å².